The van der Waals surface area contributed by atoms with Gasteiger partial charge in [-0.15, -0.1) is 0 Å². The second-order valence-electron chi connectivity index (χ2n) is 5.97. The minimum atomic E-state index is -0.0585. The molecule has 1 aliphatic rings. The molecule has 2 heterocycles. The minimum Gasteiger partial charge on any atom is -0.395 e. The molecule has 2 N–H and O–H groups in total. The first kappa shape index (κ1) is 17.7. The molecule has 1 saturated heterocycles. The van der Waals surface area contributed by atoms with E-state index in [-0.39, 0.29) is 18.7 Å². The van der Waals surface area contributed by atoms with Crippen LogP contribution in [0.1, 0.15) is 25.3 Å². The quantitative estimate of drug-likeness (QED) is 0.790. The van der Waals surface area contributed by atoms with Crippen molar-refractivity contribution in [1.29, 1.82) is 0 Å². The smallest absolute Gasteiger partial charge is 0.317 e. The average molecular weight is 320 g/mol. The number of hydrogen-bond donors (Lipinski definition) is 2. The fraction of sp³-hybridized carbons (Fsp3) is 0.647. The third kappa shape index (κ3) is 5.80. The number of pyridine rings is 1. The van der Waals surface area contributed by atoms with E-state index in [0.29, 0.717) is 13.1 Å². The van der Waals surface area contributed by atoms with Gasteiger partial charge < -0.3 is 20.2 Å². The molecule has 6 nitrogen and oxygen atoms in total. The van der Waals surface area contributed by atoms with Gasteiger partial charge >= 0.3 is 6.03 Å². The summed E-state index contributed by atoms with van der Waals surface area (Å²) in [5.74, 6) is 0. The number of piperidine rings is 1. The molecule has 0 unspecified atom stereocenters. The maximum absolute atomic E-state index is 12.1. The van der Waals surface area contributed by atoms with Crippen LogP contribution >= 0.6 is 0 Å². The van der Waals surface area contributed by atoms with Gasteiger partial charge in [-0.05, 0) is 43.9 Å². The molecule has 0 saturated carbocycles. The Kier molecular flexibility index (Phi) is 7.29. The topological polar surface area (TPSA) is 68.7 Å². The number of urea groups is 1. The van der Waals surface area contributed by atoms with E-state index in [2.05, 4.69) is 27.3 Å². The van der Waals surface area contributed by atoms with Crippen LogP contribution in [0.5, 0.6) is 0 Å². The van der Waals surface area contributed by atoms with Crippen molar-refractivity contribution in [3.05, 3.63) is 30.1 Å². The maximum atomic E-state index is 12.1. The molecule has 2 amide bonds. The number of rotatable bonds is 7. The molecule has 128 valence electrons. The van der Waals surface area contributed by atoms with Crippen LogP contribution in [0.2, 0.25) is 0 Å². The summed E-state index contributed by atoms with van der Waals surface area (Å²) in [6.07, 6.45) is 6.68. The van der Waals surface area contributed by atoms with E-state index >= 15 is 0 Å². The molecule has 0 spiro atoms. The summed E-state index contributed by atoms with van der Waals surface area (Å²) in [4.78, 5) is 20.2. The number of aliphatic hydroxyl groups excluding tert-OH is 1. The first-order chi connectivity index (χ1) is 11.2. The molecule has 0 aromatic carbocycles. The summed E-state index contributed by atoms with van der Waals surface area (Å²) >= 11 is 0. The van der Waals surface area contributed by atoms with Gasteiger partial charge in [0, 0.05) is 51.2 Å². The molecular formula is C17H28N4O2. The van der Waals surface area contributed by atoms with Crippen molar-refractivity contribution in [3.63, 3.8) is 0 Å². The Bertz CT molecular complexity index is 461. The Morgan fingerprint density at radius 1 is 1.39 bits per heavy atom. The predicted octanol–water partition coefficient (Wildman–Crippen LogP) is 1.11. The van der Waals surface area contributed by atoms with Crippen LogP contribution in [0.15, 0.2) is 24.5 Å². The molecule has 23 heavy (non-hydrogen) atoms. The predicted molar refractivity (Wildman–Crippen MR) is 90.3 cm³/mol. The first-order valence-electron chi connectivity index (χ1n) is 8.50. The lowest BCUT2D eigenvalue weighted by Gasteiger charge is -2.33. The number of amides is 2. The summed E-state index contributed by atoms with van der Waals surface area (Å²) in [6.45, 7) is 6.04. The lowest BCUT2D eigenvalue weighted by atomic mass is 10.0. The third-order valence-corrected chi connectivity index (χ3v) is 4.42. The highest BCUT2D eigenvalue weighted by Crippen LogP contribution is 2.12. The second-order valence-corrected chi connectivity index (χ2v) is 5.97. The van der Waals surface area contributed by atoms with Crippen LogP contribution in [0.4, 0.5) is 4.79 Å². The van der Waals surface area contributed by atoms with Crippen LogP contribution in [0.25, 0.3) is 0 Å². The zero-order chi connectivity index (χ0) is 16.5. The summed E-state index contributed by atoms with van der Waals surface area (Å²) in [5.41, 5.74) is 1.32. The van der Waals surface area contributed by atoms with Crippen LogP contribution in [-0.4, -0.2) is 71.3 Å². The fourth-order valence-corrected chi connectivity index (χ4v) is 2.93. The van der Waals surface area contributed by atoms with Gasteiger partial charge in [-0.25, -0.2) is 4.79 Å². The number of carbonyl (C=O) groups excluding carboxylic acids is 1. The molecule has 1 fully saturated rings. The Balaban J connectivity index is 1.68. The number of carbonyl (C=O) groups is 1. The summed E-state index contributed by atoms with van der Waals surface area (Å²) in [6, 6.07) is 4.31. The van der Waals surface area contributed by atoms with E-state index in [4.69, 9.17) is 5.11 Å². The van der Waals surface area contributed by atoms with Crippen LogP contribution in [0.3, 0.4) is 0 Å². The largest absolute Gasteiger partial charge is 0.395 e. The number of nitrogens with zero attached hydrogens (tertiary/aromatic N) is 3. The zero-order valence-electron chi connectivity index (χ0n) is 13.9. The van der Waals surface area contributed by atoms with Crippen LogP contribution in [-0.2, 0) is 6.42 Å². The van der Waals surface area contributed by atoms with Gasteiger partial charge in [0.1, 0.15) is 0 Å². The number of likely N-dealkylation sites (N-methyl/N-ethyl adjacent to an activating group) is 1. The van der Waals surface area contributed by atoms with Crippen molar-refractivity contribution in [1.82, 2.24) is 20.1 Å². The lowest BCUT2D eigenvalue weighted by Crippen LogP contribution is -2.50. The Hall–Kier alpha value is -1.66. The second kappa shape index (κ2) is 9.47. The van der Waals surface area contributed by atoms with Crippen molar-refractivity contribution >= 4 is 6.03 Å². The van der Waals surface area contributed by atoms with Crippen LogP contribution < -0.4 is 5.32 Å². The molecule has 0 radical (unpaired) electrons. The highest BCUT2D eigenvalue weighted by molar-refractivity contribution is 5.74. The van der Waals surface area contributed by atoms with Crippen molar-refractivity contribution in [2.45, 2.75) is 32.2 Å². The van der Waals surface area contributed by atoms with E-state index in [1.807, 2.05) is 19.3 Å². The van der Waals surface area contributed by atoms with E-state index in [9.17, 15) is 4.79 Å². The monoisotopic (exact) mass is 320 g/mol. The molecule has 0 atom stereocenters. The fourth-order valence-electron chi connectivity index (χ4n) is 2.93. The standard InChI is InChI=1S/C17H28N4O2/c1-2-21(13-14-22)17(23)19-16-6-11-20(12-7-16)10-5-15-3-8-18-9-4-15/h3-4,8-9,16,22H,2,5-7,10-14H2,1H3,(H,19,23). The highest BCUT2D eigenvalue weighted by atomic mass is 16.3. The lowest BCUT2D eigenvalue weighted by molar-refractivity contribution is 0.163. The first-order valence-corrected chi connectivity index (χ1v) is 8.50. The highest BCUT2D eigenvalue weighted by Gasteiger charge is 2.22. The molecule has 1 aliphatic heterocycles. The van der Waals surface area contributed by atoms with Crippen molar-refractivity contribution < 1.29 is 9.90 Å². The molecule has 0 bridgehead atoms. The number of nitrogens with one attached hydrogen (secondary N) is 1. The normalized spacial score (nSPS) is 16.3. The van der Waals surface area contributed by atoms with Crippen molar-refractivity contribution in [3.8, 4) is 0 Å². The van der Waals surface area contributed by atoms with E-state index in [1.165, 1.54) is 5.56 Å². The summed E-state index contributed by atoms with van der Waals surface area (Å²) < 4.78 is 0. The molecule has 1 aromatic rings. The summed E-state index contributed by atoms with van der Waals surface area (Å²) in [5, 5.41) is 12.1. The molecule has 0 aliphatic carbocycles. The Labute approximate surface area is 138 Å². The number of likely N-dealkylation sites (tertiary alicyclic amines) is 1. The summed E-state index contributed by atoms with van der Waals surface area (Å²) in [7, 11) is 0. The number of aromatic nitrogens is 1. The van der Waals surface area contributed by atoms with Crippen LogP contribution in [0, 0.1) is 0 Å². The molecule has 1 aromatic heterocycles. The van der Waals surface area contributed by atoms with Gasteiger partial charge in [0.2, 0.25) is 0 Å². The zero-order valence-corrected chi connectivity index (χ0v) is 13.9. The van der Waals surface area contributed by atoms with Gasteiger partial charge in [-0.2, -0.15) is 0 Å². The van der Waals surface area contributed by atoms with Gasteiger partial charge in [0.05, 0.1) is 6.61 Å². The van der Waals surface area contributed by atoms with Gasteiger partial charge in [-0.3, -0.25) is 4.98 Å². The van der Waals surface area contributed by atoms with E-state index in [0.717, 1.165) is 38.9 Å². The third-order valence-electron chi connectivity index (χ3n) is 4.42. The van der Waals surface area contributed by atoms with Crippen molar-refractivity contribution in [2.24, 2.45) is 0 Å². The van der Waals surface area contributed by atoms with Gasteiger partial charge in [0.15, 0.2) is 0 Å². The minimum absolute atomic E-state index is 0.00864. The molecule has 6 heteroatoms. The Morgan fingerprint density at radius 2 is 2.09 bits per heavy atom. The van der Waals surface area contributed by atoms with E-state index < -0.39 is 0 Å². The van der Waals surface area contributed by atoms with Crippen molar-refractivity contribution in [2.75, 3.05) is 39.3 Å². The van der Waals surface area contributed by atoms with Gasteiger partial charge in [0.25, 0.3) is 0 Å². The molecular weight excluding hydrogens is 292 g/mol. The Morgan fingerprint density at radius 3 is 2.70 bits per heavy atom. The SMILES string of the molecule is CCN(CCO)C(=O)NC1CCN(CCc2ccncc2)CC1. The van der Waals surface area contributed by atoms with Gasteiger partial charge in [-0.1, -0.05) is 0 Å². The average Bonchev–Trinajstić information content (AvgIpc) is 2.60. The number of aliphatic hydroxyl groups is 1. The number of hydrogen-bond acceptors (Lipinski definition) is 4. The van der Waals surface area contributed by atoms with E-state index in [1.54, 1.807) is 4.90 Å². The maximum Gasteiger partial charge on any atom is 0.317 e. The molecule has 2 rings (SSSR count).